The van der Waals surface area contributed by atoms with Crippen molar-refractivity contribution in [1.29, 1.82) is 0 Å². The highest BCUT2D eigenvalue weighted by Gasteiger charge is 2.44. The van der Waals surface area contributed by atoms with Crippen LogP contribution in [0.4, 0.5) is 0 Å². The molecule has 0 spiro atoms. The minimum absolute atomic E-state index is 0.368. The van der Waals surface area contributed by atoms with Gasteiger partial charge in [0.15, 0.2) is 0 Å². The maximum atomic E-state index is 14.1. The van der Waals surface area contributed by atoms with E-state index < -0.39 is 30.1 Å². The van der Waals surface area contributed by atoms with Crippen LogP contribution in [0.5, 0.6) is 0 Å². The third-order valence-electron chi connectivity index (χ3n) is 4.73. The van der Waals surface area contributed by atoms with Gasteiger partial charge in [-0.2, -0.15) is 0 Å². The Morgan fingerprint density at radius 3 is 1.97 bits per heavy atom. The van der Waals surface area contributed by atoms with Gasteiger partial charge in [0, 0.05) is 10.6 Å². The van der Waals surface area contributed by atoms with Crippen molar-refractivity contribution in [2.45, 2.75) is 40.2 Å². The molecule has 0 radical (unpaired) electrons. The largest absolute Gasteiger partial charge is 0.459 e. The van der Waals surface area contributed by atoms with Crippen LogP contribution < -0.4 is 10.6 Å². The van der Waals surface area contributed by atoms with Crippen molar-refractivity contribution in [2.24, 2.45) is 5.41 Å². The minimum atomic E-state index is -3.58. The van der Waals surface area contributed by atoms with Gasteiger partial charge in [0.1, 0.15) is 16.8 Å². The lowest BCUT2D eigenvalue weighted by Gasteiger charge is -2.31. The van der Waals surface area contributed by atoms with E-state index in [2.05, 4.69) is 6.58 Å². The van der Waals surface area contributed by atoms with E-state index in [1.54, 1.807) is 75.4 Å². The van der Waals surface area contributed by atoms with Crippen LogP contribution in [-0.4, -0.2) is 24.0 Å². The summed E-state index contributed by atoms with van der Waals surface area (Å²) in [6.07, 6.45) is 1.69. The number of ether oxygens (including phenoxy) is 1. The summed E-state index contributed by atoms with van der Waals surface area (Å²) in [5.41, 5.74) is -1.48. The lowest BCUT2D eigenvalue weighted by atomic mass is 9.87. The number of carbonyl (C=O) groups excluding carboxylic acids is 2. The maximum Gasteiger partial charge on any atom is 0.322 e. The first kappa shape index (κ1) is 23.8. The summed E-state index contributed by atoms with van der Waals surface area (Å²) in [7, 11) is -3.58. The molecule has 0 aliphatic heterocycles. The van der Waals surface area contributed by atoms with Gasteiger partial charge >= 0.3 is 5.97 Å². The van der Waals surface area contributed by atoms with Crippen LogP contribution in [0.15, 0.2) is 61.2 Å². The SMILES string of the molecule is C=Cc1ccc(P(=O)(OCC(C)(C(C)=O)C(=O)OC(C)(C)C)c2ccccc2)cc1. The summed E-state index contributed by atoms with van der Waals surface area (Å²) >= 11 is 0. The van der Waals surface area contributed by atoms with Crippen LogP contribution in [0.3, 0.4) is 0 Å². The summed E-state index contributed by atoms with van der Waals surface area (Å²) in [6.45, 7) is 11.3. The molecule has 2 rings (SSSR count). The van der Waals surface area contributed by atoms with E-state index >= 15 is 0 Å². The third kappa shape index (κ3) is 5.35. The summed E-state index contributed by atoms with van der Waals surface area (Å²) in [4.78, 5) is 25.2. The molecule has 0 aromatic heterocycles. The summed E-state index contributed by atoms with van der Waals surface area (Å²) < 4.78 is 25.5. The van der Waals surface area contributed by atoms with Gasteiger partial charge in [0.2, 0.25) is 0 Å². The monoisotopic (exact) mass is 428 g/mol. The lowest BCUT2D eigenvalue weighted by molar-refractivity contribution is -0.170. The number of esters is 1. The quantitative estimate of drug-likeness (QED) is 0.351. The molecule has 30 heavy (non-hydrogen) atoms. The zero-order valence-corrected chi connectivity index (χ0v) is 19.1. The average molecular weight is 428 g/mol. The molecule has 0 saturated heterocycles. The number of rotatable bonds is 8. The van der Waals surface area contributed by atoms with Crippen molar-refractivity contribution < 1.29 is 23.4 Å². The fraction of sp³-hybridized carbons (Fsp3) is 0.333. The van der Waals surface area contributed by atoms with E-state index in [0.29, 0.717) is 10.6 Å². The Labute approximate surface area is 178 Å². The van der Waals surface area contributed by atoms with E-state index in [4.69, 9.17) is 9.26 Å². The van der Waals surface area contributed by atoms with Crippen molar-refractivity contribution in [2.75, 3.05) is 6.61 Å². The fourth-order valence-corrected chi connectivity index (χ4v) is 4.79. The first-order valence-electron chi connectivity index (χ1n) is 9.70. The van der Waals surface area contributed by atoms with Crippen LogP contribution in [0.1, 0.15) is 40.2 Å². The molecule has 2 aromatic rings. The predicted octanol–water partition coefficient (Wildman–Crippen LogP) is 4.51. The molecule has 2 atom stereocenters. The van der Waals surface area contributed by atoms with Crippen LogP contribution in [-0.2, 0) is 23.4 Å². The van der Waals surface area contributed by atoms with Crippen LogP contribution >= 0.6 is 7.37 Å². The highest BCUT2D eigenvalue weighted by Crippen LogP contribution is 2.46. The van der Waals surface area contributed by atoms with Crippen molar-refractivity contribution in [3.8, 4) is 0 Å². The minimum Gasteiger partial charge on any atom is -0.459 e. The standard InChI is InChI=1S/C24H29O5P/c1-7-19-13-15-21(16-14-19)30(27,20-11-9-8-10-12-20)28-17-24(6,18(2)25)22(26)29-23(3,4)5/h7-16H,1,17H2,2-6H3. The molecule has 0 aliphatic rings. The summed E-state index contributed by atoms with van der Waals surface area (Å²) in [5.74, 6) is -1.12. The Balaban J connectivity index is 2.45. The smallest absolute Gasteiger partial charge is 0.322 e. The molecule has 2 aromatic carbocycles. The molecular weight excluding hydrogens is 399 g/mol. The first-order chi connectivity index (χ1) is 13.9. The Kier molecular flexibility index (Phi) is 7.23. The van der Waals surface area contributed by atoms with Crippen LogP contribution in [0.25, 0.3) is 6.08 Å². The molecule has 0 saturated carbocycles. The van der Waals surface area contributed by atoms with Crippen LogP contribution in [0, 0.1) is 5.41 Å². The maximum absolute atomic E-state index is 14.1. The number of carbonyl (C=O) groups is 2. The number of Topliss-reactive ketones (excluding diaryl/α,β-unsaturated/α-hetero) is 1. The van der Waals surface area contributed by atoms with E-state index in [1.165, 1.54) is 13.8 Å². The Morgan fingerprint density at radius 2 is 1.50 bits per heavy atom. The molecule has 0 fully saturated rings. The molecule has 6 heteroatoms. The zero-order chi connectivity index (χ0) is 22.6. The predicted molar refractivity (Wildman–Crippen MR) is 120 cm³/mol. The summed E-state index contributed by atoms with van der Waals surface area (Å²) in [6, 6.07) is 15.8. The van der Waals surface area contributed by atoms with Gasteiger partial charge in [0.05, 0.1) is 6.61 Å². The topological polar surface area (TPSA) is 69.7 Å². The normalized spacial score (nSPS) is 15.5. The van der Waals surface area contributed by atoms with Crippen molar-refractivity contribution in [3.63, 3.8) is 0 Å². The molecule has 0 N–H and O–H groups in total. The molecule has 2 unspecified atom stereocenters. The number of hydrogen-bond acceptors (Lipinski definition) is 5. The molecule has 0 amide bonds. The van der Waals surface area contributed by atoms with E-state index in [-0.39, 0.29) is 6.61 Å². The number of benzene rings is 2. The third-order valence-corrected chi connectivity index (χ3v) is 7.17. The van der Waals surface area contributed by atoms with Crippen molar-refractivity contribution in [1.82, 2.24) is 0 Å². The van der Waals surface area contributed by atoms with Gasteiger partial charge in [-0.05, 0) is 64.4 Å². The fourth-order valence-electron chi connectivity index (χ4n) is 2.64. The van der Waals surface area contributed by atoms with E-state index in [9.17, 15) is 14.2 Å². The number of ketones is 1. The molecule has 5 nitrogen and oxygen atoms in total. The Morgan fingerprint density at radius 1 is 0.967 bits per heavy atom. The van der Waals surface area contributed by atoms with Gasteiger partial charge in [-0.15, -0.1) is 0 Å². The van der Waals surface area contributed by atoms with Gasteiger partial charge in [-0.3, -0.25) is 14.2 Å². The lowest BCUT2D eigenvalue weighted by Crippen LogP contribution is -2.44. The van der Waals surface area contributed by atoms with Crippen molar-refractivity contribution >= 4 is 35.8 Å². The summed E-state index contributed by atoms with van der Waals surface area (Å²) in [5, 5.41) is 0.945. The van der Waals surface area contributed by atoms with Gasteiger partial charge < -0.3 is 9.26 Å². The molecular formula is C24H29O5P. The average Bonchev–Trinajstić information content (AvgIpc) is 2.71. The second-order valence-corrected chi connectivity index (χ2v) is 10.7. The second kappa shape index (κ2) is 9.11. The zero-order valence-electron chi connectivity index (χ0n) is 18.2. The molecule has 160 valence electrons. The first-order valence-corrected chi connectivity index (χ1v) is 11.3. The number of hydrogen-bond donors (Lipinski definition) is 0. The molecule has 0 heterocycles. The van der Waals surface area contributed by atoms with Crippen LogP contribution in [0.2, 0.25) is 0 Å². The van der Waals surface area contributed by atoms with E-state index in [0.717, 1.165) is 5.56 Å². The van der Waals surface area contributed by atoms with Gasteiger partial charge in [-0.25, -0.2) is 0 Å². The molecule has 0 bridgehead atoms. The Bertz CT molecular complexity index is 957. The highest BCUT2D eigenvalue weighted by molar-refractivity contribution is 7.74. The van der Waals surface area contributed by atoms with E-state index in [1.807, 2.05) is 6.07 Å². The second-order valence-electron chi connectivity index (χ2n) is 8.35. The van der Waals surface area contributed by atoms with Crippen molar-refractivity contribution in [3.05, 3.63) is 66.7 Å². The molecule has 0 aliphatic carbocycles. The van der Waals surface area contributed by atoms with Gasteiger partial charge in [-0.1, -0.05) is 43.0 Å². The Hall–Kier alpha value is -2.49. The highest BCUT2D eigenvalue weighted by atomic mass is 31.2. The van der Waals surface area contributed by atoms with Gasteiger partial charge in [0.25, 0.3) is 7.37 Å².